The number of aromatic hydroxyl groups is 1. The van der Waals surface area contributed by atoms with Crippen LogP contribution in [0.2, 0.25) is 0 Å². The molecule has 6 heteroatoms. The zero-order chi connectivity index (χ0) is 34.0. The lowest BCUT2D eigenvalue weighted by Crippen LogP contribution is -2.17. The second-order valence-electron chi connectivity index (χ2n) is 11.9. The Morgan fingerprint density at radius 3 is 1.96 bits per heavy atom. The van der Waals surface area contributed by atoms with Crippen LogP contribution in [0.15, 0.2) is 146 Å². The number of allylic oxidation sites excluding steroid dienone is 1. The molecule has 0 aromatic heterocycles. The minimum absolute atomic E-state index is 0.0511. The van der Waals surface area contributed by atoms with Crippen LogP contribution in [0.4, 0.5) is 0 Å². The Hall–Kier alpha value is -5.98. The maximum Gasteiger partial charge on any atom is 0.193 e. The molecule has 1 N–H and O–H groups in total. The highest BCUT2D eigenvalue weighted by molar-refractivity contribution is 6.10. The van der Waals surface area contributed by atoms with E-state index in [0.29, 0.717) is 22.6 Å². The summed E-state index contributed by atoms with van der Waals surface area (Å²) in [5.41, 5.74) is 4.74. The third-order valence-electron chi connectivity index (χ3n) is 8.17. The summed E-state index contributed by atoms with van der Waals surface area (Å²) < 4.78 is 11.5. The molecule has 0 amide bonds. The van der Waals surface area contributed by atoms with Crippen LogP contribution in [-0.4, -0.2) is 41.8 Å². The summed E-state index contributed by atoms with van der Waals surface area (Å²) in [4.78, 5) is 28.1. The van der Waals surface area contributed by atoms with Crippen molar-refractivity contribution in [2.45, 2.75) is 13.1 Å². The Morgan fingerprint density at radius 2 is 1.24 bits per heavy atom. The summed E-state index contributed by atoms with van der Waals surface area (Å²) >= 11 is 0. The van der Waals surface area contributed by atoms with Crippen LogP contribution >= 0.6 is 0 Å². The Balaban J connectivity index is 0.955. The predicted molar refractivity (Wildman–Crippen MR) is 194 cm³/mol. The number of hydrogen-bond acceptors (Lipinski definition) is 6. The van der Waals surface area contributed by atoms with Gasteiger partial charge < -0.3 is 14.6 Å². The van der Waals surface area contributed by atoms with Crippen LogP contribution in [0.3, 0.4) is 0 Å². The summed E-state index contributed by atoms with van der Waals surface area (Å²) in [6, 6.07) is 43.7. The number of ether oxygens (including phenoxy) is 2. The summed E-state index contributed by atoms with van der Waals surface area (Å²) in [5.74, 6) is 0.520. The maximum atomic E-state index is 13.1. The smallest absolute Gasteiger partial charge is 0.193 e. The van der Waals surface area contributed by atoms with E-state index < -0.39 is 0 Å². The molecule has 6 aromatic rings. The Morgan fingerprint density at radius 1 is 0.653 bits per heavy atom. The molecule has 0 atom stereocenters. The van der Waals surface area contributed by atoms with Crippen LogP contribution in [0, 0.1) is 0 Å². The number of benzene rings is 6. The van der Waals surface area contributed by atoms with Crippen LogP contribution in [0.25, 0.3) is 16.8 Å². The molecule has 244 valence electrons. The number of nitrogens with zero attached hydrogens (tertiary/aromatic N) is 1. The van der Waals surface area contributed by atoms with Gasteiger partial charge in [0.2, 0.25) is 0 Å². The molecule has 0 heterocycles. The molecule has 0 aliphatic heterocycles. The maximum absolute atomic E-state index is 13.1. The first-order valence-electron chi connectivity index (χ1n) is 16.2. The highest BCUT2D eigenvalue weighted by atomic mass is 16.5. The first-order chi connectivity index (χ1) is 23.9. The van der Waals surface area contributed by atoms with Gasteiger partial charge >= 0.3 is 0 Å². The summed E-state index contributed by atoms with van der Waals surface area (Å²) in [5, 5.41) is 12.7. The molecule has 0 unspecified atom stereocenters. The molecule has 0 aliphatic carbocycles. The lowest BCUT2D eigenvalue weighted by molar-refractivity contribution is 0.103. The second-order valence-corrected chi connectivity index (χ2v) is 11.9. The van der Waals surface area contributed by atoms with Crippen molar-refractivity contribution in [3.8, 4) is 17.2 Å². The van der Waals surface area contributed by atoms with Crippen LogP contribution in [0.5, 0.6) is 17.2 Å². The monoisotopic (exact) mass is 647 g/mol. The lowest BCUT2D eigenvalue weighted by atomic mass is 10.0. The van der Waals surface area contributed by atoms with Gasteiger partial charge in [0.1, 0.15) is 30.5 Å². The van der Waals surface area contributed by atoms with Crippen molar-refractivity contribution in [2.24, 2.45) is 0 Å². The van der Waals surface area contributed by atoms with Gasteiger partial charge in [0.15, 0.2) is 11.6 Å². The first kappa shape index (κ1) is 32.9. The second kappa shape index (κ2) is 15.7. The van der Waals surface area contributed by atoms with Gasteiger partial charge in [-0.25, -0.2) is 0 Å². The largest absolute Gasteiger partial charge is 0.507 e. The number of ketones is 2. The molecule has 49 heavy (non-hydrogen) atoms. The molecule has 6 aromatic carbocycles. The first-order valence-corrected chi connectivity index (χ1v) is 16.2. The molecule has 0 saturated heterocycles. The van der Waals surface area contributed by atoms with Gasteiger partial charge in [-0.2, -0.15) is 0 Å². The molecule has 0 spiro atoms. The van der Waals surface area contributed by atoms with E-state index >= 15 is 0 Å². The minimum Gasteiger partial charge on any atom is -0.507 e. The van der Waals surface area contributed by atoms with Gasteiger partial charge in [-0.1, -0.05) is 103 Å². The van der Waals surface area contributed by atoms with E-state index in [1.54, 1.807) is 42.5 Å². The van der Waals surface area contributed by atoms with Gasteiger partial charge in [-0.15, -0.1) is 0 Å². The van der Waals surface area contributed by atoms with E-state index in [1.807, 2.05) is 84.9 Å². The van der Waals surface area contributed by atoms with Crippen molar-refractivity contribution in [2.75, 3.05) is 20.3 Å². The molecule has 0 aliphatic rings. The van der Waals surface area contributed by atoms with E-state index in [1.165, 1.54) is 17.7 Å². The Bertz CT molecular complexity index is 2060. The average molecular weight is 648 g/mol. The summed E-state index contributed by atoms with van der Waals surface area (Å²) in [7, 11) is 2.08. The number of fused-ring (bicyclic) bond motifs is 1. The molecule has 0 saturated carbocycles. The van der Waals surface area contributed by atoms with Crippen LogP contribution in [0.1, 0.15) is 43.0 Å². The summed E-state index contributed by atoms with van der Waals surface area (Å²) in [6.45, 7) is 2.12. The van der Waals surface area contributed by atoms with Crippen molar-refractivity contribution in [1.29, 1.82) is 0 Å². The number of carbonyl (C=O) groups excluding carboxylic acids is 2. The van der Waals surface area contributed by atoms with E-state index in [0.717, 1.165) is 35.0 Å². The Labute approximate surface area is 286 Å². The molecule has 6 nitrogen and oxygen atoms in total. The van der Waals surface area contributed by atoms with E-state index in [-0.39, 0.29) is 36.1 Å². The van der Waals surface area contributed by atoms with Crippen molar-refractivity contribution in [3.63, 3.8) is 0 Å². The quantitative estimate of drug-likeness (QED) is 0.0724. The van der Waals surface area contributed by atoms with Crippen molar-refractivity contribution >= 4 is 28.4 Å². The summed E-state index contributed by atoms with van der Waals surface area (Å²) in [6.07, 6.45) is 3.23. The van der Waals surface area contributed by atoms with Gasteiger partial charge in [-0.05, 0) is 77.0 Å². The number of carbonyl (C=O) groups is 2. The van der Waals surface area contributed by atoms with Gasteiger partial charge in [0.25, 0.3) is 0 Å². The van der Waals surface area contributed by atoms with Crippen molar-refractivity contribution in [1.82, 2.24) is 4.90 Å². The van der Waals surface area contributed by atoms with Crippen LogP contribution in [-0.2, 0) is 13.1 Å². The zero-order valence-corrected chi connectivity index (χ0v) is 27.3. The molecule has 6 rings (SSSR count). The van der Waals surface area contributed by atoms with E-state index in [4.69, 9.17) is 9.47 Å². The zero-order valence-electron chi connectivity index (χ0n) is 27.3. The van der Waals surface area contributed by atoms with E-state index in [2.05, 4.69) is 24.1 Å². The average Bonchev–Trinajstić information content (AvgIpc) is 3.13. The molecule has 0 fully saturated rings. The molecular weight excluding hydrogens is 610 g/mol. The van der Waals surface area contributed by atoms with Crippen molar-refractivity contribution < 1.29 is 24.2 Å². The number of phenolic OH excluding ortho intramolecular Hbond substituents is 1. The van der Waals surface area contributed by atoms with Crippen molar-refractivity contribution in [3.05, 3.63) is 179 Å². The minimum atomic E-state index is -0.304. The topological polar surface area (TPSA) is 76.1 Å². The van der Waals surface area contributed by atoms with Crippen LogP contribution < -0.4 is 9.47 Å². The predicted octanol–water partition coefficient (Wildman–Crippen LogP) is 8.76. The number of hydrogen-bond donors (Lipinski definition) is 1. The van der Waals surface area contributed by atoms with Gasteiger partial charge in [0, 0.05) is 30.3 Å². The fraction of sp³-hybridized carbons (Fsp3) is 0.116. The Kier molecular flexibility index (Phi) is 10.6. The van der Waals surface area contributed by atoms with E-state index in [9.17, 15) is 14.7 Å². The fourth-order valence-corrected chi connectivity index (χ4v) is 5.67. The highest BCUT2D eigenvalue weighted by Gasteiger charge is 2.12. The SMILES string of the molecule is CN(Cc1ccccc1)Cc1ccc(C(=O)c2ccc(OCCOc3ccc(C(=O)/C=C/c4cccc5ccccc45)c(O)c3)cc2)cc1. The third kappa shape index (κ3) is 8.69. The standard InChI is InChI=1S/C43H37NO5/c1-44(29-31-8-3-2-4-9-31)30-32-14-16-35(17-15-32)43(47)36-18-21-37(22-19-36)48-26-27-49-38-23-24-40(42(46)28-38)41(45)25-20-34-12-7-11-33-10-5-6-13-39(33)34/h2-25,28,46H,26-27,29-30H2,1H3/b25-20+. The molecule has 0 radical (unpaired) electrons. The molecule has 0 bridgehead atoms. The lowest BCUT2D eigenvalue weighted by Gasteiger charge is -2.17. The number of rotatable bonds is 14. The van der Waals surface area contributed by atoms with Gasteiger partial charge in [-0.3, -0.25) is 14.5 Å². The third-order valence-corrected chi connectivity index (χ3v) is 8.17. The highest BCUT2D eigenvalue weighted by Crippen LogP contribution is 2.26. The molecular formula is C43H37NO5. The number of phenols is 1. The van der Waals surface area contributed by atoms with Gasteiger partial charge in [0.05, 0.1) is 5.56 Å². The normalized spacial score (nSPS) is 11.2. The fourth-order valence-electron chi connectivity index (χ4n) is 5.67.